The summed E-state index contributed by atoms with van der Waals surface area (Å²) in [6.07, 6.45) is 2.99. The quantitative estimate of drug-likeness (QED) is 0.378. The van der Waals surface area contributed by atoms with Crippen molar-refractivity contribution < 1.29 is 9.59 Å². The standard InChI is InChI=1S/C26H24Cl2N6O2/c1-26(25(29)36)10-2-12-33(26)24(35)17-5-3-16(4-6-17)21-14-23(34-22(32-21)9-11-31-34)30-15-18-7-8-19(27)13-20(18)28/h3-9,11,13-14,30H,2,10,12,15H2,1H3,(H2,29,36)/t26-/m0/s1. The van der Waals surface area contributed by atoms with Crippen LogP contribution in [0.25, 0.3) is 16.9 Å². The summed E-state index contributed by atoms with van der Waals surface area (Å²) >= 11 is 12.3. The summed E-state index contributed by atoms with van der Waals surface area (Å²) in [4.78, 5) is 31.4. The zero-order valence-electron chi connectivity index (χ0n) is 19.5. The molecule has 3 N–H and O–H groups in total. The predicted octanol–water partition coefficient (Wildman–Crippen LogP) is 4.80. The molecule has 10 heteroatoms. The van der Waals surface area contributed by atoms with E-state index in [2.05, 4.69) is 10.4 Å². The minimum Gasteiger partial charge on any atom is -0.368 e. The number of likely N-dealkylation sites (tertiary alicyclic amines) is 1. The highest BCUT2D eigenvalue weighted by atomic mass is 35.5. The van der Waals surface area contributed by atoms with Crippen LogP contribution < -0.4 is 11.1 Å². The van der Waals surface area contributed by atoms with Crippen LogP contribution in [0.15, 0.2) is 60.8 Å². The maximum Gasteiger partial charge on any atom is 0.254 e. The average Bonchev–Trinajstić information content (AvgIpc) is 3.50. The lowest BCUT2D eigenvalue weighted by molar-refractivity contribution is -0.126. The van der Waals surface area contributed by atoms with Gasteiger partial charge in [-0.05, 0) is 49.6 Å². The van der Waals surface area contributed by atoms with Gasteiger partial charge >= 0.3 is 0 Å². The second-order valence-electron chi connectivity index (χ2n) is 8.99. The van der Waals surface area contributed by atoms with Crippen LogP contribution in [0.1, 0.15) is 35.7 Å². The second-order valence-corrected chi connectivity index (χ2v) is 9.84. The molecule has 0 radical (unpaired) electrons. The molecule has 0 aliphatic carbocycles. The van der Waals surface area contributed by atoms with Crippen molar-refractivity contribution in [3.8, 4) is 11.3 Å². The van der Waals surface area contributed by atoms with E-state index in [4.69, 9.17) is 33.9 Å². The Hall–Kier alpha value is -3.62. The molecule has 1 aliphatic rings. The number of aromatic nitrogens is 3. The van der Waals surface area contributed by atoms with E-state index in [-0.39, 0.29) is 5.91 Å². The molecule has 0 bridgehead atoms. The normalized spacial score (nSPS) is 17.5. The average molecular weight is 523 g/mol. The van der Waals surface area contributed by atoms with Crippen LogP contribution in [0, 0.1) is 0 Å². The number of fused-ring (bicyclic) bond motifs is 1. The number of hydrogen-bond donors (Lipinski definition) is 2. The van der Waals surface area contributed by atoms with Gasteiger partial charge in [-0.15, -0.1) is 0 Å². The van der Waals surface area contributed by atoms with Crippen LogP contribution in [0.5, 0.6) is 0 Å². The number of hydrogen-bond acceptors (Lipinski definition) is 5. The van der Waals surface area contributed by atoms with E-state index in [1.165, 1.54) is 0 Å². The summed E-state index contributed by atoms with van der Waals surface area (Å²) in [5.74, 6) is 0.0467. The summed E-state index contributed by atoms with van der Waals surface area (Å²) in [5.41, 5.74) is 8.25. The number of rotatable bonds is 6. The van der Waals surface area contributed by atoms with Gasteiger partial charge in [-0.2, -0.15) is 9.61 Å². The Kier molecular flexibility index (Phi) is 6.32. The van der Waals surface area contributed by atoms with Gasteiger partial charge in [-0.1, -0.05) is 41.4 Å². The molecule has 36 heavy (non-hydrogen) atoms. The van der Waals surface area contributed by atoms with Crippen LogP contribution in [0.4, 0.5) is 5.82 Å². The highest BCUT2D eigenvalue weighted by molar-refractivity contribution is 6.35. The Labute approximate surface area is 218 Å². The van der Waals surface area contributed by atoms with E-state index in [9.17, 15) is 9.59 Å². The third-order valence-electron chi connectivity index (χ3n) is 6.68. The van der Waals surface area contributed by atoms with Gasteiger partial charge in [-0.25, -0.2) is 4.98 Å². The topological polar surface area (TPSA) is 106 Å². The molecule has 0 unspecified atom stereocenters. The molecule has 2 aromatic heterocycles. The summed E-state index contributed by atoms with van der Waals surface area (Å²) in [6, 6.07) is 16.3. The minimum atomic E-state index is -0.960. The molecule has 2 aromatic carbocycles. The fourth-order valence-corrected chi connectivity index (χ4v) is 5.00. The molecular weight excluding hydrogens is 499 g/mol. The zero-order chi connectivity index (χ0) is 25.4. The van der Waals surface area contributed by atoms with Crippen molar-refractivity contribution in [1.29, 1.82) is 0 Å². The van der Waals surface area contributed by atoms with Crippen molar-refractivity contribution in [2.75, 3.05) is 11.9 Å². The molecule has 1 saturated heterocycles. The van der Waals surface area contributed by atoms with Gasteiger partial charge in [0.1, 0.15) is 11.4 Å². The number of halogens is 2. The summed E-state index contributed by atoms with van der Waals surface area (Å²) in [7, 11) is 0. The molecule has 3 heterocycles. The monoisotopic (exact) mass is 522 g/mol. The van der Waals surface area contributed by atoms with E-state index in [1.54, 1.807) is 46.8 Å². The molecule has 0 saturated carbocycles. The first-order valence-corrected chi connectivity index (χ1v) is 12.3. The van der Waals surface area contributed by atoms with Crippen LogP contribution in [-0.2, 0) is 11.3 Å². The number of benzene rings is 2. The van der Waals surface area contributed by atoms with Crippen LogP contribution in [-0.4, -0.2) is 43.4 Å². The third kappa shape index (κ3) is 4.38. The number of nitrogens with one attached hydrogen (secondary N) is 1. The second kappa shape index (κ2) is 9.44. The summed E-state index contributed by atoms with van der Waals surface area (Å²) < 4.78 is 1.71. The van der Waals surface area contributed by atoms with E-state index < -0.39 is 11.4 Å². The fourth-order valence-electron chi connectivity index (χ4n) is 4.52. The lowest BCUT2D eigenvalue weighted by atomic mass is 9.97. The molecule has 2 amide bonds. The number of carbonyl (C=O) groups is 2. The Morgan fingerprint density at radius 3 is 2.61 bits per heavy atom. The van der Waals surface area contributed by atoms with Gasteiger partial charge in [0, 0.05) is 46.4 Å². The molecule has 1 fully saturated rings. The van der Waals surface area contributed by atoms with Crippen molar-refractivity contribution in [3.05, 3.63) is 82.0 Å². The molecule has 4 aromatic rings. The Morgan fingerprint density at radius 2 is 1.89 bits per heavy atom. The first-order chi connectivity index (χ1) is 17.3. The highest BCUT2D eigenvalue weighted by Gasteiger charge is 2.44. The van der Waals surface area contributed by atoms with Gasteiger partial charge < -0.3 is 16.0 Å². The maximum atomic E-state index is 13.1. The highest BCUT2D eigenvalue weighted by Crippen LogP contribution is 2.31. The van der Waals surface area contributed by atoms with E-state index >= 15 is 0 Å². The van der Waals surface area contributed by atoms with Gasteiger partial charge in [-0.3, -0.25) is 9.59 Å². The first kappa shape index (κ1) is 24.1. The van der Waals surface area contributed by atoms with E-state index in [1.807, 2.05) is 30.3 Å². The third-order valence-corrected chi connectivity index (χ3v) is 7.27. The smallest absolute Gasteiger partial charge is 0.254 e. The largest absolute Gasteiger partial charge is 0.368 e. The minimum absolute atomic E-state index is 0.207. The maximum absolute atomic E-state index is 13.1. The van der Waals surface area contributed by atoms with Gasteiger partial charge in [0.15, 0.2) is 5.65 Å². The number of amides is 2. The number of anilines is 1. The molecule has 184 valence electrons. The van der Waals surface area contributed by atoms with Crippen LogP contribution >= 0.6 is 23.2 Å². The number of nitrogens with zero attached hydrogens (tertiary/aromatic N) is 4. The molecular formula is C26H24Cl2N6O2. The lowest BCUT2D eigenvalue weighted by Gasteiger charge is -2.32. The van der Waals surface area contributed by atoms with Gasteiger partial charge in [0.2, 0.25) is 5.91 Å². The number of nitrogens with two attached hydrogens (primary N) is 1. The predicted molar refractivity (Wildman–Crippen MR) is 140 cm³/mol. The fraction of sp³-hybridized carbons (Fsp3) is 0.231. The summed E-state index contributed by atoms with van der Waals surface area (Å²) in [6.45, 7) is 2.70. The molecule has 8 nitrogen and oxygen atoms in total. The summed E-state index contributed by atoms with van der Waals surface area (Å²) in [5, 5.41) is 8.89. The zero-order valence-corrected chi connectivity index (χ0v) is 21.1. The molecule has 0 spiro atoms. The van der Waals surface area contributed by atoms with Crippen LogP contribution in [0.3, 0.4) is 0 Å². The van der Waals surface area contributed by atoms with Crippen molar-refractivity contribution >= 4 is 46.5 Å². The Bertz CT molecular complexity index is 1470. The van der Waals surface area contributed by atoms with Crippen LogP contribution in [0.2, 0.25) is 10.0 Å². The van der Waals surface area contributed by atoms with Crippen molar-refractivity contribution in [1.82, 2.24) is 19.5 Å². The lowest BCUT2D eigenvalue weighted by Crippen LogP contribution is -2.53. The van der Waals surface area contributed by atoms with Crippen molar-refractivity contribution in [2.45, 2.75) is 31.8 Å². The van der Waals surface area contributed by atoms with E-state index in [0.29, 0.717) is 40.8 Å². The number of carbonyl (C=O) groups excluding carboxylic acids is 2. The first-order valence-electron chi connectivity index (χ1n) is 11.5. The number of primary amides is 1. The molecule has 1 atom stereocenters. The Morgan fingerprint density at radius 1 is 1.11 bits per heavy atom. The SMILES string of the molecule is C[C@@]1(C(N)=O)CCCN1C(=O)c1ccc(-c2cc(NCc3ccc(Cl)cc3Cl)n3nccc3n2)cc1. The van der Waals surface area contributed by atoms with Crippen molar-refractivity contribution in [2.24, 2.45) is 5.73 Å². The molecule has 1 aliphatic heterocycles. The van der Waals surface area contributed by atoms with Crippen molar-refractivity contribution in [3.63, 3.8) is 0 Å². The Balaban J connectivity index is 1.41. The van der Waals surface area contributed by atoms with Gasteiger partial charge in [0.25, 0.3) is 5.91 Å². The molecule has 5 rings (SSSR count). The van der Waals surface area contributed by atoms with E-state index in [0.717, 1.165) is 29.1 Å². The van der Waals surface area contributed by atoms with Gasteiger partial charge in [0.05, 0.1) is 11.9 Å².